The highest BCUT2D eigenvalue weighted by Gasteiger charge is 2.36. The zero-order valence-corrected chi connectivity index (χ0v) is 15.5. The Kier molecular flexibility index (Phi) is 7.32. The van der Waals surface area contributed by atoms with Gasteiger partial charge in [-0.1, -0.05) is 36.4 Å². The van der Waals surface area contributed by atoms with E-state index in [9.17, 15) is 31.1 Å². The fourth-order valence-corrected chi connectivity index (χ4v) is 2.72. The molecule has 0 saturated carbocycles. The number of halogens is 6. The number of amides is 1. The lowest BCUT2D eigenvalue weighted by Gasteiger charge is -2.26. The van der Waals surface area contributed by atoms with Crippen LogP contribution in [0, 0.1) is 6.57 Å². The Bertz CT molecular complexity index is 903. The van der Waals surface area contributed by atoms with Gasteiger partial charge in [0.25, 0.3) is 0 Å². The third-order valence-corrected chi connectivity index (χ3v) is 4.05. The highest BCUT2D eigenvalue weighted by molar-refractivity contribution is 5.81. The van der Waals surface area contributed by atoms with Crippen molar-refractivity contribution >= 4 is 17.3 Å². The summed E-state index contributed by atoms with van der Waals surface area (Å²) in [6.45, 7) is 4.57. The Labute approximate surface area is 168 Å². The van der Waals surface area contributed by atoms with Crippen molar-refractivity contribution in [2.75, 3.05) is 24.5 Å². The minimum atomic E-state index is -4.92. The molecule has 30 heavy (non-hydrogen) atoms. The molecule has 0 aliphatic rings. The molecule has 2 aromatic carbocycles. The van der Waals surface area contributed by atoms with E-state index in [1.807, 2.05) is 18.2 Å². The second-order valence-electron chi connectivity index (χ2n) is 6.37. The van der Waals surface area contributed by atoms with E-state index in [0.717, 1.165) is 17.7 Å². The predicted molar refractivity (Wildman–Crippen MR) is 99.1 cm³/mol. The second-order valence-corrected chi connectivity index (χ2v) is 6.37. The number of anilines is 1. The van der Waals surface area contributed by atoms with Gasteiger partial charge < -0.3 is 10.2 Å². The average Bonchev–Trinajstić information content (AvgIpc) is 2.66. The summed E-state index contributed by atoms with van der Waals surface area (Å²) in [5.41, 5.74) is -1.63. The maximum Gasteiger partial charge on any atom is 0.407 e. The molecule has 0 aromatic heterocycles. The number of nitrogens with one attached hydrogen (secondary N) is 1. The Morgan fingerprint density at radius 3 is 2.27 bits per heavy atom. The molecule has 1 N–H and O–H groups in total. The quantitative estimate of drug-likeness (QED) is 0.498. The lowest BCUT2D eigenvalue weighted by Crippen LogP contribution is -2.42. The fourth-order valence-electron chi connectivity index (χ4n) is 2.72. The van der Waals surface area contributed by atoms with E-state index >= 15 is 0 Å². The standard InChI is InChI=1S/C20H17F6N3O/c1-27-17-8-7-15(11-16(17)20(24,25)26)29(13-19(21,22)23)12-18(30)28-10-9-14-5-3-2-4-6-14/h2-8,11H,9-10,12-13H2,(H,28,30). The van der Waals surface area contributed by atoms with Crippen LogP contribution in [0.4, 0.5) is 37.7 Å². The molecule has 2 rings (SSSR count). The van der Waals surface area contributed by atoms with E-state index in [1.54, 1.807) is 12.1 Å². The van der Waals surface area contributed by atoms with Crippen LogP contribution in [-0.2, 0) is 17.4 Å². The normalized spacial score (nSPS) is 11.6. The first kappa shape index (κ1) is 23.1. The van der Waals surface area contributed by atoms with Crippen LogP contribution in [0.25, 0.3) is 4.85 Å². The van der Waals surface area contributed by atoms with Crippen LogP contribution in [0.2, 0.25) is 0 Å². The van der Waals surface area contributed by atoms with Crippen molar-refractivity contribution in [3.8, 4) is 0 Å². The number of hydrogen-bond donors (Lipinski definition) is 1. The molecule has 0 atom stereocenters. The van der Waals surface area contributed by atoms with E-state index in [1.165, 1.54) is 0 Å². The molecule has 0 spiro atoms. The van der Waals surface area contributed by atoms with Crippen LogP contribution >= 0.6 is 0 Å². The molecule has 1 amide bonds. The van der Waals surface area contributed by atoms with E-state index in [2.05, 4.69) is 10.2 Å². The third kappa shape index (κ3) is 6.99. The lowest BCUT2D eigenvalue weighted by atomic mass is 10.1. The molecule has 0 aliphatic heterocycles. The number of carbonyl (C=O) groups is 1. The van der Waals surface area contributed by atoms with E-state index in [4.69, 9.17) is 6.57 Å². The van der Waals surface area contributed by atoms with Gasteiger partial charge in [0.15, 0.2) is 5.69 Å². The molecule has 160 valence electrons. The summed E-state index contributed by atoms with van der Waals surface area (Å²) >= 11 is 0. The minimum Gasteiger partial charge on any atom is -0.354 e. The monoisotopic (exact) mass is 429 g/mol. The fraction of sp³-hybridized carbons (Fsp3) is 0.300. The molecule has 0 fully saturated rings. The number of carbonyl (C=O) groups excluding carboxylic acids is 1. The van der Waals surface area contributed by atoms with Crippen molar-refractivity contribution in [3.05, 3.63) is 71.1 Å². The maximum atomic E-state index is 13.1. The van der Waals surface area contributed by atoms with Crippen LogP contribution < -0.4 is 10.2 Å². The van der Waals surface area contributed by atoms with Gasteiger partial charge in [0.1, 0.15) is 6.54 Å². The van der Waals surface area contributed by atoms with Crippen molar-refractivity contribution in [3.63, 3.8) is 0 Å². The predicted octanol–water partition coefficient (Wildman–Crippen LogP) is 4.98. The van der Waals surface area contributed by atoms with Crippen LogP contribution in [0.5, 0.6) is 0 Å². The summed E-state index contributed by atoms with van der Waals surface area (Å²) < 4.78 is 78.3. The van der Waals surface area contributed by atoms with Gasteiger partial charge in [-0.05, 0) is 24.1 Å². The summed E-state index contributed by atoms with van der Waals surface area (Å²) in [5.74, 6) is -0.766. The lowest BCUT2D eigenvalue weighted by molar-refractivity contribution is -0.136. The first-order valence-corrected chi connectivity index (χ1v) is 8.70. The van der Waals surface area contributed by atoms with Crippen LogP contribution in [-0.4, -0.2) is 31.7 Å². The molecule has 2 aromatic rings. The summed E-state index contributed by atoms with van der Waals surface area (Å²) in [5, 5.41) is 2.47. The van der Waals surface area contributed by atoms with Gasteiger partial charge >= 0.3 is 12.4 Å². The number of alkyl halides is 6. The number of rotatable bonds is 7. The smallest absolute Gasteiger partial charge is 0.354 e. The van der Waals surface area contributed by atoms with Gasteiger partial charge in [0, 0.05) is 12.2 Å². The molecule has 0 saturated heterocycles. The van der Waals surface area contributed by atoms with E-state index < -0.39 is 48.3 Å². The SMILES string of the molecule is [C-]#[N+]c1ccc(N(CC(=O)NCCc2ccccc2)CC(F)(F)F)cc1C(F)(F)F. The van der Waals surface area contributed by atoms with Gasteiger partial charge in [-0.15, -0.1) is 0 Å². The Balaban J connectivity index is 2.16. The number of nitrogens with zero attached hydrogens (tertiary/aromatic N) is 2. The maximum absolute atomic E-state index is 13.1. The van der Waals surface area contributed by atoms with Crippen molar-refractivity contribution in [2.24, 2.45) is 0 Å². The van der Waals surface area contributed by atoms with E-state index in [-0.39, 0.29) is 6.54 Å². The van der Waals surface area contributed by atoms with Gasteiger partial charge in [0.2, 0.25) is 5.91 Å². The van der Waals surface area contributed by atoms with Gasteiger partial charge in [-0.25, -0.2) is 4.85 Å². The van der Waals surface area contributed by atoms with Gasteiger partial charge in [-0.3, -0.25) is 4.79 Å². The van der Waals surface area contributed by atoms with Crippen LogP contribution in [0.3, 0.4) is 0 Å². The first-order chi connectivity index (χ1) is 14.0. The Morgan fingerprint density at radius 2 is 1.70 bits per heavy atom. The van der Waals surface area contributed by atoms with Crippen molar-refractivity contribution in [2.45, 2.75) is 18.8 Å². The molecule has 0 unspecified atom stereocenters. The topological polar surface area (TPSA) is 36.7 Å². The summed E-state index contributed by atoms with van der Waals surface area (Å²) in [4.78, 5) is 15.4. The summed E-state index contributed by atoms with van der Waals surface area (Å²) in [7, 11) is 0. The largest absolute Gasteiger partial charge is 0.407 e. The molecule has 4 nitrogen and oxygen atoms in total. The summed E-state index contributed by atoms with van der Waals surface area (Å²) in [6, 6.07) is 11.3. The molecular formula is C20H17F6N3O. The molecule has 0 bridgehead atoms. The average molecular weight is 429 g/mol. The molecule has 0 heterocycles. The molecule has 0 aliphatic carbocycles. The molecule has 10 heteroatoms. The zero-order chi connectivity index (χ0) is 22.4. The molecular weight excluding hydrogens is 412 g/mol. The van der Waals surface area contributed by atoms with Gasteiger partial charge in [-0.2, -0.15) is 26.3 Å². The minimum absolute atomic E-state index is 0.160. The van der Waals surface area contributed by atoms with Crippen molar-refractivity contribution in [1.29, 1.82) is 0 Å². The van der Waals surface area contributed by atoms with Crippen molar-refractivity contribution in [1.82, 2.24) is 5.32 Å². The number of benzene rings is 2. The van der Waals surface area contributed by atoms with Crippen molar-refractivity contribution < 1.29 is 31.1 Å². The highest BCUT2D eigenvalue weighted by atomic mass is 19.4. The molecule has 0 radical (unpaired) electrons. The first-order valence-electron chi connectivity index (χ1n) is 8.70. The van der Waals surface area contributed by atoms with E-state index in [0.29, 0.717) is 17.4 Å². The highest BCUT2D eigenvalue weighted by Crippen LogP contribution is 2.39. The Morgan fingerprint density at radius 1 is 1.03 bits per heavy atom. The second kappa shape index (κ2) is 9.52. The number of hydrogen-bond acceptors (Lipinski definition) is 2. The summed E-state index contributed by atoms with van der Waals surface area (Å²) in [6.07, 6.45) is -9.22. The Hall–Kier alpha value is -3.22. The van der Waals surface area contributed by atoms with Crippen LogP contribution in [0.15, 0.2) is 48.5 Å². The third-order valence-electron chi connectivity index (χ3n) is 4.05. The zero-order valence-electron chi connectivity index (χ0n) is 15.5. The van der Waals surface area contributed by atoms with Crippen LogP contribution in [0.1, 0.15) is 11.1 Å². The van der Waals surface area contributed by atoms with Gasteiger partial charge in [0.05, 0.1) is 18.7 Å².